The quantitative estimate of drug-likeness (QED) is 0.647. The molecule has 2 N–H and O–H groups in total. The number of halogens is 1. The van der Waals surface area contributed by atoms with Crippen molar-refractivity contribution in [2.24, 2.45) is 0 Å². The molecule has 132 valence electrons. The molecule has 1 aliphatic carbocycles. The molecule has 0 aliphatic heterocycles. The zero-order chi connectivity index (χ0) is 17.3. The minimum absolute atomic E-state index is 0.656. The van der Waals surface area contributed by atoms with Gasteiger partial charge in [-0.25, -0.2) is 4.98 Å². The molecule has 0 atom stereocenters. The molecule has 1 aromatic heterocycles. The third kappa shape index (κ3) is 6.05. The molecule has 0 saturated heterocycles. The number of hydrogen-bond donors (Lipinski definition) is 2. The summed E-state index contributed by atoms with van der Waals surface area (Å²) in [6.07, 6.45) is 11.3. The maximum absolute atomic E-state index is 6.01. The Labute approximate surface area is 154 Å². The number of nitrogens with one attached hydrogen (secondary N) is 2. The summed E-state index contributed by atoms with van der Waals surface area (Å²) in [6.45, 7) is 1.70. The second kappa shape index (κ2) is 9.42. The molecule has 1 aromatic carbocycles. The topological polar surface area (TPSA) is 49.8 Å². The SMILES string of the molecule is Clc1cccc(CCNc2nccc(NCCC3=CCCCC3)n2)c1. The van der Waals surface area contributed by atoms with Crippen LogP contribution in [0.1, 0.15) is 37.7 Å². The summed E-state index contributed by atoms with van der Waals surface area (Å²) in [5, 5.41) is 7.45. The summed E-state index contributed by atoms with van der Waals surface area (Å²) >= 11 is 6.01. The van der Waals surface area contributed by atoms with Gasteiger partial charge in [0.15, 0.2) is 0 Å². The van der Waals surface area contributed by atoms with Crippen molar-refractivity contribution in [1.29, 1.82) is 0 Å². The maximum Gasteiger partial charge on any atom is 0.224 e. The molecule has 0 saturated carbocycles. The van der Waals surface area contributed by atoms with Crippen molar-refractivity contribution in [3.05, 3.63) is 58.8 Å². The Kier molecular flexibility index (Phi) is 6.69. The summed E-state index contributed by atoms with van der Waals surface area (Å²) < 4.78 is 0. The van der Waals surface area contributed by atoms with Crippen LogP contribution in [0, 0.1) is 0 Å². The number of hydrogen-bond acceptors (Lipinski definition) is 4. The van der Waals surface area contributed by atoms with Crippen molar-refractivity contribution in [1.82, 2.24) is 9.97 Å². The largest absolute Gasteiger partial charge is 0.370 e. The monoisotopic (exact) mass is 356 g/mol. The second-order valence-corrected chi connectivity index (χ2v) is 6.79. The summed E-state index contributed by atoms with van der Waals surface area (Å²) in [7, 11) is 0. The molecule has 0 spiro atoms. The van der Waals surface area contributed by atoms with E-state index in [1.807, 2.05) is 24.3 Å². The van der Waals surface area contributed by atoms with Gasteiger partial charge in [-0.05, 0) is 62.3 Å². The molecule has 2 aromatic rings. The zero-order valence-corrected chi connectivity index (χ0v) is 15.2. The zero-order valence-electron chi connectivity index (χ0n) is 14.5. The van der Waals surface area contributed by atoms with Crippen LogP contribution in [0.15, 0.2) is 48.2 Å². The van der Waals surface area contributed by atoms with Crippen molar-refractivity contribution in [2.45, 2.75) is 38.5 Å². The standard InChI is InChI=1S/C20H25ClN4/c21-18-8-4-7-17(15-18)10-13-23-20-24-14-11-19(25-20)22-12-9-16-5-2-1-3-6-16/h4-5,7-8,11,14-15H,1-3,6,9-10,12-13H2,(H2,22,23,24,25). The molecule has 3 rings (SSSR count). The van der Waals surface area contributed by atoms with Gasteiger partial charge in [-0.3, -0.25) is 0 Å². The fourth-order valence-electron chi connectivity index (χ4n) is 3.04. The smallest absolute Gasteiger partial charge is 0.224 e. The first-order valence-corrected chi connectivity index (χ1v) is 9.40. The van der Waals surface area contributed by atoms with E-state index in [1.54, 1.807) is 11.8 Å². The Morgan fingerprint density at radius 1 is 1.04 bits per heavy atom. The van der Waals surface area contributed by atoms with Crippen LogP contribution >= 0.6 is 11.6 Å². The van der Waals surface area contributed by atoms with Gasteiger partial charge in [0, 0.05) is 24.3 Å². The van der Waals surface area contributed by atoms with E-state index in [9.17, 15) is 0 Å². The minimum atomic E-state index is 0.656. The fraction of sp³-hybridized carbons (Fsp3) is 0.400. The fourth-order valence-corrected chi connectivity index (χ4v) is 3.25. The summed E-state index contributed by atoms with van der Waals surface area (Å²) in [5.74, 6) is 1.53. The maximum atomic E-state index is 6.01. The van der Waals surface area contributed by atoms with Gasteiger partial charge in [0.1, 0.15) is 5.82 Å². The van der Waals surface area contributed by atoms with Crippen molar-refractivity contribution in [2.75, 3.05) is 23.7 Å². The summed E-state index contributed by atoms with van der Waals surface area (Å²) in [4.78, 5) is 8.81. The molecular formula is C20H25ClN4. The highest BCUT2D eigenvalue weighted by Gasteiger charge is 2.04. The Bertz CT molecular complexity index is 714. The van der Waals surface area contributed by atoms with Gasteiger partial charge in [-0.2, -0.15) is 4.98 Å². The molecule has 0 fully saturated rings. The van der Waals surface area contributed by atoms with Crippen molar-refractivity contribution in [3.63, 3.8) is 0 Å². The second-order valence-electron chi connectivity index (χ2n) is 6.36. The van der Waals surface area contributed by atoms with Crippen LogP contribution < -0.4 is 10.6 Å². The third-order valence-electron chi connectivity index (χ3n) is 4.38. The van der Waals surface area contributed by atoms with Gasteiger partial charge in [-0.15, -0.1) is 0 Å². The highest BCUT2D eigenvalue weighted by atomic mass is 35.5. The first kappa shape index (κ1) is 17.7. The predicted octanol–water partition coefficient (Wildman–Crippen LogP) is 5.09. The van der Waals surface area contributed by atoms with E-state index >= 15 is 0 Å². The van der Waals surface area contributed by atoms with Gasteiger partial charge in [-0.1, -0.05) is 35.4 Å². The molecular weight excluding hydrogens is 332 g/mol. The van der Waals surface area contributed by atoms with Crippen molar-refractivity contribution >= 4 is 23.4 Å². The van der Waals surface area contributed by atoms with E-state index in [0.29, 0.717) is 5.95 Å². The van der Waals surface area contributed by atoms with E-state index in [1.165, 1.54) is 31.2 Å². The number of benzene rings is 1. The molecule has 4 nitrogen and oxygen atoms in total. The normalized spacial score (nSPS) is 14.0. The average Bonchev–Trinajstić information content (AvgIpc) is 2.63. The molecule has 0 unspecified atom stereocenters. The summed E-state index contributed by atoms with van der Waals surface area (Å²) in [6, 6.07) is 9.84. The minimum Gasteiger partial charge on any atom is -0.370 e. The lowest BCUT2D eigenvalue weighted by molar-refractivity contribution is 0.679. The van der Waals surface area contributed by atoms with E-state index < -0.39 is 0 Å². The molecule has 1 heterocycles. The van der Waals surface area contributed by atoms with Gasteiger partial charge in [0.05, 0.1) is 0 Å². The number of allylic oxidation sites excluding steroid dienone is 1. The molecule has 1 aliphatic rings. The van der Waals surface area contributed by atoms with Crippen LogP contribution in [0.25, 0.3) is 0 Å². The van der Waals surface area contributed by atoms with E-state index in [0.717, 1.165) is 36.8 Å². The van der Waals surface area contributed by atoms with Gasteiger partial charge < -0.3 is 10.6 Å². The van der Waals surface area contributed by atoms with Crippen molar-refractivity contribution < 1.29 is 0 Å². The van der Waals surface area contributed by atoms with Crippen LogP contribution in [-0.4, -0.2) is 23.1 Å². The Morgan fingerprint density at radius 3 is 2.80 bits per heavy atom. The van der Waals surface area contributed by atoms with Crippen LogP contribution in [0.4, 0.5) is 11.8 Å². The highest BCUT2D eigenvalue weighted by molar-refractivity contribution is 6.30. The summed E-state index contributed by atoms with van der Waals surface area (Å²) in [5.41, 5.74) is 2.78. The van der Waals surface area contributed by atoms with Crippen molar-refractivity contribution in [3.8, 4) is 0 Å². The lowest BCUT2D eigenvalue weighted by Gasteiger charge is -2.13. The predicted molar refractivity (Wildman–Crippen MR) is 105 cm³/mol. The van der Waals surface area contributed by atoms with Crippen LogP contribution in [0.2, 0.25) is 5.02 Å². The molecule has 0 radical (unpaired) electrons. The van der Waals surface area contributed by atoms with Gasteiger partial charge >= 0.3 is 0 Å². The highest BCUT2D eigenvalue weighted by Crippen LogP contribution is 2.20. The first-order valence-electron chi connectivity index (χ1n) is 9.03. The van der Waals surface area contributed by atoms with Gasteiger partial charge in [0.2, 0.25) is 5.95 Å². The Balaban J connectivity index is 1.43. The number of rotatable bonds is 8. The Hall–Kier alpha value is -2.07. The molecule has 0 amide bonds. The molecule has 0 bridgehead atoms. The third-order valence-corrected chi connectivity index (χ3v) is 4.61. The van der Waals surface area contributed by atoms with E-state index in [4.69, 9.17) is 11.6 Å². The van der Waals surface area contributed by atoms with Crippen LogP contribution in [0.3, 0.4) is 0 Å². The lowest BCUT2D eigenvalue weighted by Crippen LogP contribution is -2.10. The molecule has 5 heteroatoms. The van der Waals surface area contributed by atoms with Crippen LogP contribution in [-0.2, 0) is 6.42 Å². The number of anilines is 2. The first-order chi connectivity index (χ1) is 12.3. The average molecular weight is 357 g/mol. The lowest BCUT2D eigenvalue weighted by atomic mass is 9.97. The van der Waals surface area contributed by atoms with Gasteiger partial charge in [0.25, 0.3) is 0 Å². The van der Waals surface area contributed by atoms with E-state index in [-0.39, 0.29) is 0 Å². The Morgan fingerprint density at radius 2 is 1.96 bits per heavy atom. The number of nitrogens with zero attached hydrogens (tertiary/aromatic N) is 2. The van der Waals surface area contributed by atoms with Crippen LogP contribution in [0.5, 0.6) is 0 Å². The van der Waals surface area contributed by atoms with E-state index in [2.05, 4.69) is 32.7 Å². The number of aromatic nitrogens is 2. The molecule has 25 heavy (non-hydrogen) atoms.